The summed E-state index contributed by atoms with van der Waals surface area (Å²) in [5.41, 5.74) is 8.30. The Morgan fingerprint density at radius 1 is 0.968 bits per heavy atom. The van der Waals surface area contributed by atoms with Crippen LogP contribution >= 0.6 is 0 Å². The number of anilines is 1. The smallest absolute Gasteiger partial charge is 0.276 e. The molecule has 0 saturated carbocycles. The number of nitrogens with one attached hydrogen (secondary N) is 2. The Morgan fingerprint density at radius 2 is 1.71 bits per heavy atom. The van der Waals surface area contributed by atoms with E-state index in [0.717, 1.165) is 11.2 Å². The number of carbonyl (C=O) groups is 2. The summed E-state index contributed by atoms with van der Waals surface area (Å²) in [5, 5.41) is 2.83. The van der Waals surface area contributed by atoms with Gasteiger partial charge in [0.05, 0.1) is 22.4 Å². The number of hydrogen-bond donors (Lipinski definition) is 3. The SMILES string of the molecule is NC(=O)c1c(C(=O)Nc2ccccc2-n2cccc2)ncn1-c1nc2ccccc2[nH]1. The molecule has 5 aromatic rings. The second kappa shape index (κ2) is 7.30. The van der Waals surface area contributed by atoms with E-state index in [1.165, 1.54) is 10.9 Å². The van der Waals surface area contributed by atoms with Gasteiger partial charge in [0, 0.05) is 12.4 Å². The highest BCUT2D eigenvalue weighted by molar-refractivity contribution is 6.10. The lowest BCUT2D eigenvalue weighted by molar-refractivity contribution is 0.0970. The zero-order valence-corrected chi connectivity index (χ0v) is 16.2. The van der Waals surface area contributed by atoms with E-state index in [1.807, 2.05) is 71.6 Å². The fourth-order valence-corrected chi connectivity index (χ4v) is 3.45. The minimum Gasteiger partial charge on any atom is -0.364 e. The first-order chi connectivity index (χ1) is 15.1. The van der Waals surface area contributed by atoms with Crippen molar-refractivity contribution in [3.8, 4) is 11.6 Å². The van der Waals surface area contributed by atoms with Gasteiger partial charge in [-0.05, 0) is 36.4 Å². The number of hydrogen-bond acceptors (Lipinski definition) is 4. The Labute approximate surface area is 176 Å². The molecule has 0 atom stereocenters. The number of nitrogens with two attached hydrogens (primary N) is 1. The molecule has 9 heteroatoms. The molecular weight excluding hydrogens is 394 g/mol. The highest BCUT2D eigenvalue weighted by atomic mass is 16.2. The van der Waals surface area contributed by atoms with Crippen molar-refractivity contribution in [1.82, 2.24) is 24.1 Å². The number of primary amides is 1. The maximum Gasteiger partial charge on any atom is 0.276 e. The average molecular weight is 411 g/mol. The first kappa shape index (κ1) is 18.4. The molecule has 0 fully saturated rings. The van der Waals surface area contributed by atoms with Gasteiger partial charge in [0.15, 0.2) is 5.69 Å². The fraction of sp³-hybridized carbons (Fsp3) is 0. The number of carbonyl (C=O) groups excluding carboxylic acids is 2. The minimum absolute atomic E-state index is 0.0602. The van der Waals surface area contributed by atoms with Gasteiger partial charge in [-0.1, -0.05) is 24.3 Å². The van der Waals surface area contributed by atoms with E-state index < -0.39 is 11.8 Å². The van der Waals surface area contributed by atoms with Crippen LogP contribution in [0.4, 0.5) is 5.69 Å². The van der Waals surface area contributed by atoms with Crippen LogP contribution in [0, 0.1) is 0 Å². The fourth-order valence-electron chi connectivity index (χ4n) is 3.45. The molecule has 0 spiro atoms. The number of aromatic amines is 1. The largest absolute Gasteiger partial charge is 0.364 e. The summed E-state index contributed by atoms with van der Waals surface area (Å²) in [6.07, 6.45) is 5.09. The molecular formula is C22H17N7O2. The van der Waals surface area contributed by atoms with Crippen molar-refractivity contribution in [2.75, 3.05) is 5.32 Å². The minimum atomic E-state index is -0.790. The Hall–Kier alpha value is -4.66. The van der Waals surface area contributed by atoms with Crippen molar-refractivity contribution in [3.05, 3.63) is 90.8 Å². The number of nitrogens with zero attached hydrogens (tertiary/aromatic N) is 4. The van der Waals surface area contributed by atoms with Gasteiger partial charge in [-0.15, -0.1) is 0 Å². The number of para-hydroxylation sites is 4. The maximum absolute atomic E-state index is 13.0. The third kappa shape index (κ3) is 3.23. The van der Waals surface area contributed by atoms with Crippen LogP contribution in [0.1, 0.15) is 21.0 Å². The van der Waals surface area contributed by atoms with E-state index in [2.05, 4.69) is 20.3 Å². The van der Waals surface area contributed by atoms with Crippen molar-refractivity contribution < 1.29 is 9.59 Å². The Balaban J connectivity index is 1.53. The number of imidazole rings is 2. The molecule has 0 aliphatic carbocycles. The lowest BCUT2D eigenvalue weighted by Gasteiger charge is -2.11. The number of aromatic nitrogens is 5. The van der Waals surface area contributed by atoms with Gasteiger partial charge in [0.25, 0.3) is 11.8 Å². The van der Waals surface area contributed by atoms with Crippen LogP contribution < -0.4 is 11.1 Å². The zero-order chi connectivity index (χ0) is 21.4. The van der Waals surface area contributed by atoms with E-state index >= 15 is 0 Å². The van der Waals surface area contributed by atoms with Gasteiger partial charge in [-0.3, -0.25) is 14.2 Å². The first-order valence-electron chi connectivity index (χ1n) is 9.48. The van der Waals surface area contributed by atoms with E-state index in [1.54, 1.807) is 6.07 Å². The van der Waals surface area contributed by atoms with Crippen LogP contribution in [0.25, 0.3) is 22.7 Å². The van der Waals surface area contributed by atoms with E-state index in [4.69, 9.17) is 5.73 Å². The third-order valence-corrected chi connectivity index (χ3v) is 4.86. The molecule has 2 amide bonds. The number of rotatable bonds is 5. The molecule has 3 heterocycles. The standard InChI is InChI=1S/C22H17N7O2/c23-20(30)19-18(24-13-29(19)22-26-14-7-1-2-8-15(14)27-22)21(31)25-16-9-3-4-10-17(16)28-11-5-6-12-28/h1-13H,(H2,23,30)(H,25,31)(H,26,27). The lowest BCUT2D eigenvalue weighted by atomic mass is 10.2. The molecule has 0 unspecified atom stereocenters. The Morgan fingerprint density at radius 3 is 2.48 bits per heavy atom. The molecule has 31 heavy (non-hydrogen) atoms. The predicted octanol–water partition coefficient (Wildman–Crippen LogP) is 2.89. The Kier molecular flexibility index (Phi) is 4.33. The van der Waals surface area contributed by atoms with Gasteiger partial charge in [0.1, 0.15) is 12.0 Å². The van der Waals surface area contributed by atoms with Crippen LogP contribution in [0.15, 0.2) is 79.4 Å². The maximum atomic E-state index is 13.0. The molecule has 9 nitrogen and oxygen atoms in total. The number of benzene rings is 2. The molecule has 4 N–H and O–H groups in total. The summed E-state index contributed by atoms with van der Waals surface area (Å²) >= 11 is 0. The van der Waals surface area contributed by atoms with Crippen LogP contribution in [-0.2, 0) is 0 Å². The third-order valence-electron chi connectivity index (χ3n) is 4.86. The van der Waals surface area contributed by atoms with Crippen molar-refractivity contribution >= 4 is 28.5 Å². The summed E-state index contributed by atoms with van der Waals surface area (Å²) in [6, 6.07) is 18.5. The van der Waals surface area contributed by atoms with Crippen molar-refractivity contribution in [3.63, 3.8) is 0 Å². The number of H-pyrrole nitrogens is 1. The van der Waals surface area contributed by atoms with E-state index in [-0.39, 0.29) is 11.4 Å². The molecule has 5 rings (SSSR count). The number of fused-ring (bicyclic) bond motifs is 1. The molecule has 152 valence electrons. The molecule has 0 aliphatic heterocycles. The molecule has 3 aromatic heterocycles. The second-order valence-electron chi connectivity index (χ2n) is 6.82. The normalized spacial score (nSPS) is 11.0. The van der Waals surface area contributed by atoms with E-state index in [0.29, 0.717) is 17.2 Å². The Bertz CT molecular complexity index is 1380. The first-order valence-corrected chi connectivity index (χ1v) is 9.48. The van der Waals surface area contributed by atoms with Crippen molar-refractivity contribution in [2.24, 2.45) is 5.73 Å². The van der Waals surface area contributed by atoms with Gasteiger partial charge < -0.3 is 20.6 Å². The van der Waals surface area contributed by atoms with Crippen molar-refractivity contribution in [2.45, 2.75) is 0 Å². The second-order valence-corrected chi connectivity index (χ2v) is 6.82. The topological polar surface area (TPSA) is 124 Å². The predicted molar refractivity (Wildman–Crippen MR) is 115 cm³/mol. The van der Waals surface area contributed by atoms with Crippen LogP contribution in [-0.4, -0.2) is 35.9 Å². The van der Waals surface area contributed by atoms with Gasteiger partial charge >= 0.3 is 0 Å². The lowest BCUT2D eigenvalue weighted by Crippen LogP contribution is -2.23. The summed E-state index contributed by atoms with van der Waals surface area (Å²) < 4.78 is 3.26. The molecule has 0 saturated heterocycles. The quantitative estimate of drug-likeness (QED) is 0.411. The van der Waals surface area contributed by atoms with Gasteiger partial charge in [-0.25, -0.2) is 9.97 Å². The van der Waals surface area contributed by atoms with Crippen molar-refractivity contribution in [1.29, 1.82) is 0 Å². The summed E-state index contributed by atoms with van der Waals surface area (Å²) in [7, 11) is 0. The van der Waals surface area contributed by atoms with Gasteiger partial charge in [0.2, 0.25) is 5.95 Å². The molecule has 2 aromatic carbocycles. The van der Waals surface area contributed by atoms with Crippen LogP contribution in [0.3, 0.4) is 0 Å². The van der Waals surface area contributed by atoms with Crippen LogP contribution in [0.2, 0.25) is 0 Å². The van der Waals surface area contributed by atoms with Gasteiger partial charge in [-0.2, -0.15) is 0 Å². The summed E-state index contributed by atoms with van der Waals surface area (Å²) in [6.45, 7) is 0. The zero-order valence-electron chi connectivity index (χ0n) is 16.2. The van der Waals surface area contributed by atoms with Crippen LogP contribution in [0.5, 0.6) is 0 Å². The molecule has 0 bridgehead atoms. The monoisotopic (exact) mass is 411 g/mol. The van der Waals surface area contributed by atoms with E-state index in [9.17, 15) is 9.59 Å². The summed E-state index contributed by atoms with van der Waals surface area (Å²) in [5.74, 6) is -1.00. The number of amides is 2. The summed E-state index contributed by atoms with van der Waals surface area (Å²) in [4.78, 5) is 37.0. The molecule has 0 radical (unpaired) electrons. The highest BCUT2D eigenvalue weighted by Gasteiger charge is 2.25. The highest BCUT2D eigenvalue weighted by Crippen LogP contribution is 2.22. The average Bonchev–Trinajstić information content (AvgIpc) is 3.52. The molecule has 0 aliphatic rings.